The SMILES string of the molecule is CNCCCNC(=O)c1ccc(NC(=O)c2ccc(Br)o2)cc1.Cl. The highest BCUT2D eigenvalue weighted by molar-refractivity contribution is 9.10. The van der Waals surface area contributed by atoms with Crippen molar-refractivity contribution in [2.75, 3.05) is 25.5 Å². The van der Waals surface area contributed by atoms with E-state index in [-0.39, 0.29) is 30.0 Å². The van der Waals surface area contributed by atoms with Gasteiger partial charge in [0, 0.05) is 17.8 Å². The van der Waals surface area contributed by atoms with Gasteiger partial charge in [0.15, 0.2) is 10.4 Å². The van der Waals surface area contributed by atoms with E-state index in [1.54, 1.807) is 36.4 Å². The van der Waals surface area contributed by atoms with Gasteiger partial charge in [0.1, 0.15) is 0 Å². The van der Waals surface area contributed by atoms with Gasteiger partial charge in [-0.2, -0.15) is 0 Å². The fraction of sp³-hybridized carbons (Fsp3) is 0.250. The molecule has 0 atom stereocenters. The molecule has 130 valence electrons. The Hall–Kier alpha value is -1.83. The minimum absolute atomic E-state index is 0. The maximum Gasteiger partial charge on any atom is 0.291 e. The molecule has 2 aromatic rings. The van der Waals surface area contributed by atoms with Crippen LogP contribution < -0.4 is 16.0 Å². The van der Waals surface area contributed by atoms with E-state index < -0.39 is 0 Å². The third kappa shape index (κ3) is 5.99. The predicted octanol–water partition coefficient (Wildman–Crippen LogP) is 3.06. The first kappa shape index (κ1) is 20.2. The molecule has 3 N–H and O–H groups in total. The average Bonchev–Trinajstić information content (AvgIpc) is 2.99. The highest BCUT2D eigenvalue weighted by Gasteiger charge is 2.11. The van der Waals surface area contributed by atoms with Crippen LogP contribution in [0.3, 0.4) is 0 Å². The molecule has 0 aliphatic carbocycles. The summed E-state index contributed by atoms with van der Waals surface area (Å²) in [5.41, 5.74) is 1.14. The van der Waals surface area contributed by atoms with Gasteiger partial charge < -0.3 is 20.4 Å². The zero-order chi connectivity index (χ0) is 16.7. The third-order valence-electron chi connectivity index (χ3n) is 3.09. The van der Waals surface area contributed by atoms with Crippen LogP contribution in [0.2, 0.25) is 0 Å². The normalized spacial score (nSPS) is 9.92. The standard InChI is InChI=1S/C16H18BrN3O3.ClH/c1-18-9-2-10-19-15(21)11-3-5-12(6-4-11)20-16(22)13-7-8-14(17)23-13;/h3-8,18H,2,9-10H2,1H3,(H,19,21)(H,20,22);1H. The van der Waals surface area contributed by atoms with Gasteiger partial charge in [-0.15, -0.1) is 12.4 Å². The molecule has 0 fully saturated rings. The van der Waals surface area contributed by atoms with Gasteiger partial charge in [-0.25, -0.2) is 0 Å². The van der Waals surface area contributed by atoms with Crippen LogP contribution in [-0.2, 0) is 0 Å². The number of hydrogen-bond acceptors (Lipinski definition) is 4. The number of anilines is 1. The van der Waals surface area contributed by atoms with E-state index >= 15 is 0 Å². The number of hydrogen-bond donors (Lipinski definition) is 3. The molecule has 0 saturated carbocycles. The van der Waals surface area contributed by atoms with E-state index in [1.165, 1.54) is 0 Å². The molecule has 0 aliphatic heterocycles. The maximum absolute atomic E-state index is 11.9. The molecule has 8 heteroatoms. The molecule has 0 aliphatic rings. The molecule has 2 amide bonds. The predicted molar refractivity (Wildman–Crippen MR) is 98.9 cm³/mol. The van der Waals surface area contributed by atoms with Gasteiger partial charge in [-0.3, -0.25) is 9.59 Å². The summed E-state index contributed by atoms with van der Waals surface area (Å²) < 4.78 is 5.67. The summed E-state index contributed by atoms with van der Waals surface area (Å²) in [6.45, 7) is 1.47. The van der Waals surface area contributed by atoms with Crippen molar-refractivity contribution in [2.24, 2.45) is 0 Å². The van der Waals surface area contributed by atoms with E-state index in [1.807, 2.05) is 7.05 Å². The van der Waals surface area contributed by atoms with Gasteiger partial charge in [0.05, 0.1) is 0 Å². The topological polar surface area (TPSA) is 83.4 Å². The quantitative estimate of drug-likeness (QED) is 0.606. The molecular weight excluding hydrogens is 398 g/mol. The number of benzene rings is 1. The lowest BCUT2D eigenvalue weighted by molar-refractivity contribution is 0.0952. The van der Waals surface area contributed by atoms with Crippen LogP contribution in [0.1, 0.15) is 27.3 Å². The minimum Gasteiger partial charge on any atom is -0.444 e. The van der Waals surface area contributed by atoms with Crippen molar-refractivity contribution in [2.45, 2.75) is 6.42 Å². The molecule has 0 spiro atoms. The second-order valence-corrected chi connectivity index (χ2v) is 5.63. The minimum atomic E-state index is -0.347. The van der Waals surface area contributed by atoms with Crippen molar-refractivity contribution in [3.05, 3.63) is 52.4 Å². The Morgan fingerprint density at radius 2 is 1.75 bits per heavy atom. The van der Waals surface area contributed by atoms with Crippen LogP contribution in [0.15, 0.2) is 45.5 Å². The molecule has 1 aromatic heterocycles. The third-order valence-corrected chi connectivity index (χ3v) is 3.52. The van der Waals surface area contributed by atoms with Crippen LogP contribution >= 0.6 is 28.3 Å². The van der Waals surface area contributed by atoms with E-state index in [4.69, 9.17) is 4.42 Å². The molecule has 1 aromatic carbocycles. The Labute approximate surface area is 154 Å². The number of halogens is 2. The smallest absolute Gasteiger partial charge is 0.291 e. The van der Waals surface area contributed by atoms with E-state index in [9.17, 15) is 9.59 Å². The van der Waals surface area contributed by atoms with Gasteiger partial charge >= 0.3 is 0 Å². The van der Waals surface area contributed by atoms with Crippen molar-refractivity contribution in [1.82, 2.24) is 10.6 Å². The first-order chi connectivity index (χ1) is 11.1. The Kier molecular flexibility index (Phi) is 8.53. The molecule has 0 unspecified atom stereocenters. The molecule has 6 nitrogen and oxygen atoms in total. The molecule has 1 heterocycles. The van der Waals surface area contributed by atoms with Crippen LogP contribution in [-0.4, -0.2) is 32.0 Å². The lowest BCUT2D eigenvalue weighted by atomic mass is 10.2. The molecular formula is C16H19BrClN3O3. The lowest BCUT2D eigenvalue weighted by Gasteiger charge is -2.07. The second-order valence-electron chi connectivity index (χ2n) is 4.85. The summed E-state index contributed by atoms with van der Waals surface area (Å²) in [5.74, 6) is -0.267. The molecule has 0 bridgehead atoms. The summed E-state index contributed by atoms with van der Waals surface area (Å²) in [4.78, 5) is 23.9. The lowest BCUT2D eigenvalue weighted by Crippen LogP contribution is -2.26. The number of rotatable bonds is 7. The van der Waals surface area contributed by atoms with Crippen LogP contribution in [0.5, 0.6) is 0 Å². The van der Waals surface area contributed by atoms with Gasteiger partial charge in [0.25, 0.3) is 11.8 Å². The Balaban J connectivity index is 0.00000288. The first-order valence-corrected chi connectivity index (χ1v) is 7.99. The number of amides is 2. The zero-order valence-corrected chi connectivity index (χ0v) is 15.5. The fourth-order valence-electron chi connectivity index (χ4n) is 1.90. The summed E-state index contributed by atoms with van der Waals surface area (Å²) >= 11 is 3.15. The van der Waals surface area contributed by atoms with Crippen molar-refractivity contribution in [1.29, 1.82) is 0 Å². The molecule has 24 heavy (non-hydrogen) atoms. The second kappa shape index (κ2) is 10.1. The average molecular weight is 417 g/mol. The summed E-state index contributed by atoms with van der Waals surface area (Å²) in [5, 5.41) is 8.56. The van der Waals surface area contributed by atoms with Gasteiger partial charge in [-0.1, -0.05) is 0 Å². The zero-order valence-electron chi connectivity index (χ0n) is 13.1. The Morgan fingerprint density at radius 3 is 2.33 bits per heavy atom. The van der Waals surface area contributed by atoms with Gasteiger partial charge in [-0.05, 0) is 72.3 Å². The molecule has 0 saturated heterocycles. The summed E-state index contributed by atoms with van der Waals surface area (Å²) in [6.07, 6.45) is 0.870. The number of carbonyl (C=O) groups excluding carboxylic acids is 2. The van der Waals surface area contributed by atoms with E-state index in [0.29, 0.717) is 22.5 Å². The van der Waals surface area contributed by atoms with E-state index in [2.05, 4.69) is 31.9 Å². The van der Waals surface area contributed by atoms with Crippen molar-refractivity contribution < 1.29 is 14.0 Å². The van der Waals surface area contributed by atoms with Crippen LogP contribution in [0.4, 0.5) is 5.69 Å². The Morgan fingerprint density at radius 1 is 1.04 bits per heavy atom. The van der Waals surface area contributed by atoms with Gasteiger partial charge in [0.2, 0.25) is 0 Å². The molecule has 0 radical (unpaired) electrons. The summed E-state index contributed by atoms with van der Waals surface area (Å²) in [7, 11) is 1.87. The van der Waals surface area contributed by atoms with Crippen molar-refractivity contribution >= 4 is 45.8 Å². The van der Waals surface area contributed by atoms with Crippen molar-refractivity contribution in [3.63, 3.8) is 0 Å². The number of nitrogens with one attached hydrogen (secondary N) is 3. The number of furan rings is 1. The molecule has 2 rings (SSSR count). The fourth-order valence-corrected chi connectivity index (χ4v) is 2.21. The first-order valence-electron chi connectivity index (χ1n) is 7.19. The van der Waals surface area contributed by atoms with Crippen molar-refractivity contribution in [3.8, 4) is 0 Å². The van der Waals surface area contributed by atoms with Crippen LogP contribution in [0, 0.1) is 0 Å². The highest BCUT2D eigenvalue weighted by Crippen LogP contribution is 2.16. The summed E-state index contributed by atoms with van der Waals surface area (Å²) in [6, 6.07) is 9.92. The van der Waals surface area contributed by atoms with Crippen LogP contribution in [0.25, 0.3) is 0 Å². The largest absolute Gasteiger partial charge is 0.444 e. The maximum atomic E-state index is 11.9. The monoisotopic (exact) mass is 415 g/mol. The Bertz CT molecular complexity index is 673. The van der Waals surface area contributed by atoms with E-state index in [0.717, 1.165) is 13.0 Å². The highest BCUT2D eigenvalue weighted by atomic mass is 79.9. The number of carbonyl (C=O) groups is 2.